The molecule has 0 aliphatic heterocycles. The second-order valence-electron chi connectivity index (χ2n) is 6.80. The lowest BCUT2D eigenvalue weighted by molar-refractivity contribution is -0.133. The van der Waals surface area contributed by atoms with Gasteiger partial charge in [-0.3, -0.25) is 14.3 Å². The summed E-state index contributed by atoms with van der Waals surface area (Å²) in [6, 6.07) is 15.7. The Morgan fingerprint density at radius 3 is 2.85 bits per heavy atom. The Labute approximate surface area is 151 Å². The molecule has 0 spiro atoms. The first-order chi connectivity index (χ1) is 12.6. The van der Waals surface area contributed by atoms with Gasteiger partial charge in [-0.05, 0) is 42.5 Å². The van der Waals surface area contributed by atoms with Crippen LogP contribution in [0, 0.1) is 0 Å². The molecule has 0 N–H and O–H groups in total. The molecule has 5 heteroatoms. The van der Waals surface area contributed by atoms with Crippen LogP contribution in [0.3, 0.4) is 0 Å². The number of rotatable bonds is 3. The fraction of sp³-hybridized carbons (Fsp3) is 0.286. The van der Waals surface area contributed by atoms with Crippen molar-refractivity contribution in [2.24, 2.45) is 0 Å². The van der Waals surface area contributed by atoms with Crippen molar-refractivity contribution in [3.8, 4) is 0 Å². The van der Waals surface area contributed by atoms with Gasteiger partial charge in [-0.25, -0.2) is 0 Å². The minimum atomic E-state index is -0.126. The molecule has 1 aromatic heterocycles. The van der Waals surface area contributed by atoms with Gasteiger partial charge in [-0.2, -0.15) is 5.10 Å². The number of benzene rings is 2. The smallest absolute Gasteiger partial charge is 0.244 e. The van der Waals surface area contributed by atoms with Crippen LogP contribution in [0.2, 0.25) is 0 Å². The van der Waals surface area contributed by atoms with Crippen LogP contribution in [-0.4, -0.2) is 27.6 Å². The van der Waals surface area contributed by atoms with E-state index in [9.17, 15) is 9.59 Å². The molecule has 2 aromatic carbocycles. The van der Waals surface area contributed by atoms with Gasteiger partial charge in [0.25, 0.3) is 0 Å². The average Bonchev–Trinajstić information content (AvgIpc) is 2.69. The normalized spacial score (nSPS) is 16.3. The summed E-state index contributed by atoms with van der Waals surface area (Å²) in [6.07, 6.45) is 4.40. The second kappa shape index (κ2) is 6.75. The zero-order valence-electron chi connectivity index (χ0n) is 14.8. The van der Waals surface area contributed by atoms with Crippen molar-refractivity contribution in [2.75, 3.05) is 7.05 Å². The summed E-state index contributed by atoms with van der Waals surface area (Å²) in [7, 11) is 1.86. The van der Waals surface area contributed by atoms with Crippen LogP contribution in [0.4, 0.5) is 0 Å². The molecule has 1 aliphatic carbocycles. The number of aromatic nitrogens is 2. The van der Waals surface area contributed by atoms with Gasteiger partial charge in [0.1, 0.15) is 6.54 Å². The lowest BCUT2D eigenvalue weighted by Gasteiger charge is -2.33. The van der Waals surface area contributed by atoms with Crippen molar-refractivity contribution in [1.29, 1.82) is 0 Å². The number of amides is 1. The summed E-state index contributed by atoms with van der Waals surface area (Å²) in [5.74, 6) is -0.00648. The van der Waals surface area contributed by atoms with E-state index in [2.05, 4.69) is 23.3 Å². The Balaban J connectivity index is 1.62. The standard InChI is InChI=1S/C21H21N3O2/c1-23(18-12-6-8-15-7-2-3-9-16(15)18)21(26)14-24-19-11-5-4-10-17(19)20(25)13-22-24/h2-5,7,9-11,13,18H,6,8,12,14H2,1H3/t18-/m0/s1. The van der Waals surface area contributed by atoms with Gasteiger partial charge in [0, 0.05) is 12.4 Å². The molecule has 1 aliphatic rings. The highest BCUT2D eigenvalue weighted by molar-refractivity contribution is 5.81. The van der Waals surface area contributed by atoms with Crippen molar-refractivity contribution < 1.29 is 4.79 Å². The Morgan fingerprint density at radius 2 is 1.96 bits per heavy atom. The molecule has 0 saturated heterocycles. The lowest BCUT2D eigenvalue weighted by Crippen LogP contribution is -2.36. The van der Waals surface area contributed by atoms with E-state index in [1.807, 2.05) is 36.2 Å². The van der Waals surface area contributed by atoms with E-state index in [0.717, 1.165) is 19.3 Å². The topological polar surface area (TPSA) is 55.2 Å². The van der Waals surface area contributed by atoms with Crippen LogP contribution in [0.15, 0.2) is 59.5 Å². The summed E-state index contributed by atoms with van der Waals surface area (Å²) in [6.45, 7) is 0.121. The van der Waals surface area contributed by atoms with Crippen molar-refractivity contribution in [3.05, 3.63) is 76.1 Å². The molecule has 1 amide bonds. The van der Waals surface area contributed by atoms with Crippen LogP contribution in [0.25, 0.3) is 10.9 Å². The minimum absolute atomic E-state index is 0.00648. The fourth-order valence-corrected chi connectivity index (χ4v) is 3.83. The molecular weight excluding hydrogens is 326 g/mol. The quantitative estimate of drug-likeness (QED) is 0.732. The van der Waals surface area contributed by atoms with Crippen LogP contribution in [0.5, 0.6) is 0 Å². The summed E-state index contributed by atoms with van der Waals surface area (Å²) in [5.41, 5.74) is 3.13. The number of hydrogen-bond acceptors (Lipinski definition) is 3. The highest BCUT2D eigenvalue weighted by Gasteiger charge is 2.26. The van der Waals surface area contributed by atoms with Crippen molar-refractivity contribution in [1.82, 2.24) is 14.7 Å². The Kier molecular flexibility index (Phi) is 4.29. The second-order valence-corrected chi connectivity index (χ2v) is 6.80. The Bertz CT molecular complexity index is 1020. The number of aryl methyl sites for hydroxylation is 1. The van der Waals surface area contributed by atoms with Gasteiger partial charge < -0.3 is 4.90 Å². The van der Waals surface area contributed by atoms with E-state index in [1.165, 1.54) is 17.3 Å². The van der Waals surface area contributed by atoms with Crippen LogP contribution >= 0.6 is 0 Å². The van der Waals surface area contributed by atoms with E-state index in [-0.39, 0.29) is 23.9 Å². The third-order valence-electron chi connectivity index (χ3n) is 5.25. The van der Waals surface area contributed by atoms with E-state index in [4.69, 9.17) is 0 Å². The maximum atomic E-state index is 12.9. The lowest BCUT2D eigenvalue weighted by atomic mass is 9.87. The molecule has 0 fully saturated rings. The van der Waals surface area contributed by atoms with Gasteiger partial charge in [0.2, 0.25) is 11.3 Å². The molecule has 0 radical (unpaired) electrons. The predicted octanol–water partition coefficient (Wildman–Crippen LogP) is 2.93. The van der Waals surface area contributed by atoms with Gasteiger partial charge >= 0.3 is 0 Å². The molecule has 0 bridgehead atoms. The van der Waals surface area contributed by atoms with Crippen LogP contribution in [0.1, 0.15) is 30.0 Å². The number of para-hydroxylation sites is 1. The first-order valence-corrected chi connectivity index (χ1v) is 8.93. The maximum Gasteiger partial charge on any atom is 0.244 e. The Morgan fingerprint density at radius 1 is 1.19 bits per heavy atom. The third kappa shape index (κ3) is 2.90. The SMILES string of the molecule is CN(C(=O)Cn1ncc(=O)c2ccccc21)[C@H]1CCCc2ccccc21. The fourth-order valence-electron chi connectivity index (χ4n) is 3.83. The van der Waals surface area contributed by atoms with Crippen molar-refractivity contribution in [2.45, 2.75) is 31.8 Å². The average molecular weight is 347 g/mol. The molecule has 132 valence electrons. The predicted molar refractivity (Wildman–Crippen MR) is 101 cm³/mol. The molecule has 1 atom stereocenters. The first kappa shape index (κ1) is 16.5. The van der Waals surface area contributed by atoms with Gasteiger partial charge in [0.15, 0.2) is 0 Å². The molecule has 26 heavy (non-hydrogen) atoms. The molecule has 0 saturated carbocycles. The molecule has 4 rings (SSSR count). The van der Waals surface area contributed by atoms with E-state index in [0.29, 0.717) is 10.9 Å². The summed E-state index contributed by atoms with van der Waals surface area (Å²) >= 11 is 0. The molecular formula is C21H21N3O2. The maximum absolute atomic E-state index is 12.9. The largest absolute Gasteiger partial charge is 0.337 e. The highest BCUT2D eigenvalue weighted by atomic mass is 16.2. The van der Waals surface area contributed by atoms with Crippen LogP contribution < -0.4 is 5.43 Å². The van der Waals surface area contributed by atoms with Gasteiger partial charge in [-0.15, -0.1) is 0 Å². The summed E-state index contributed by atoms with van der Waals surface area (Å²) < 4.78 is 1.62. The zero-order valence-corrected chi connectivity index (χ0v) is 14.8. The summed E-state index contributed by atoms with van der Waals surface area (Å²) in [5, 5.41) is 4.76. The number of fused-ring (bicyclic) bond motifs is 2. The van der Waals surface area contributed by atoms with Gasteiger partial charge in [-0.1, -0.05) is 36.4 Å². The molecule has 3 aromatic rings. The molecule has 0 unspecified atom stereocenters. The summed E-state index contributed by atoms with van der Waals surface area (Å²) in [4.78, 5) is 26.7. The Hall–Kier alpha value is -2.95. The number of likely N-dealkylation sites (N-methyl/N-ethyl adjacent to an activating group) is 1. The number of carbonyl (C=O) groups is 1. The monoisotopic (exact) mass is 347 g/mol. The van der Waals surface area contributed by atoms with Crippen LogP contribution in [-0.2, 0) is 17.8 Å². The van der Waals surface area contributed by atoms with E-state index >= 15 is 0 Å². The minimum Gasteiger partial charge on any atom is -0.337 e. The zero-order chi connectivity index (χ0) is 18.1. The van der Waals surface area contributed by atoms with E-state index < -0.39 is 0 Å². The molecule has 1 heterocycles. The van der Waals surface area contributed by atoms with Gasteiger partial charge in [0.05, 0.1) is 17.8 Å². The number of nitrogens with zero attached hydrogens (tertiary/aromatic N) is 3. The third-order valence-corrected chi connectivity index (χ3v) is 5.25. The number of carbonyl (C=O) groups excluding carboxylic acids is 1. The molecule has 5 nitrogen and oxygen atoms in total. The first-order valence-electron chi connectivity index (χ1n) is 8.93. The highest BCUT2D eigenvalue weighted by Crippen LogP contribution is 2.33. The van der Waals surface area contributed by atoms with E-state index in [1.54, 1.807) is 10.7 Å². The van der Waals surface area contributed by atoms with Crippen molar-refractivity contribution in [3.63, 3.8) is 0 Å². The number of hydrogen-bond donors (Lipinski definition) is 0. The van der Waals surface area contributed by atoms with Crippen molar-refractivity contribution >= 4 is 16.8 Å².